The molecule has 160 valence electrons. The molecule has 8 heteroatoms. The van der Waals surface area contributed by atoms with Crippen molar-refractivity contribution in [2.75, 3.05) is 0 Å². The molecule has 4 aromatic heterocycles. The van der Waals surface area contributed by atoms with Gasteiger partial charge in [-0.3, -0.25) is 19.1 Å². The lowest BCUT2D eigenvalue weighted by molar-refractivity contribution is 0.584. The van der Waals surface area contributed by atoms with Crippen LogP contribution >= 0.6 is 0 Å². The molecule has 33 heavy (non-hydrogen) atoms. The Labute approximate surface area is 189 Å². The molecule has 6 rings (SSSR count). The minimum absolute atomic E-state index is 0.529. The van der Waals surface area contributed by atoms with Crippen LogP contribution in [0, 0.1) is 0 Å². The molecule has 0 unspecified atom stereocenters. The first-order valence-electron chi connectivity index (χ1n) is 10.6. The van der Waals surface area contributed by atoms with Crippen LogP contribution in [0.4, 0.5) is 0 Å². The molecule has 0 N–H and O–H groups in total. The molecular weight excluding hydrogens is 412 g/mol. The van der Waals surface area contributed by atoms with Gasteiger partial charge in [0, 0.05) is 12.4 Å². The number of fused-ring (bicyclic) bond motifs is 2. The Morgan fingerprint density at radius 1 is 0.606 bits per heavy atom. The van der Waals surface area contributed by atoms with E-state index in [2.05, 4.69) is 33.8 Å². The van der Waals surface area contributed by atoms with Gasteiger partial charge in [0.1, 0.15) is 12.7 Å². The Bertz CT molecular complexity index is 1490. The second-order valence-electron chi connectivity index (χ2n) is 8.36. The summed E-state index contributed by atoms with van der Waals surface area (Å²) in [6.45, 7) is 4.15. The van der Waals surface area contributed by atoms with Gasteiger partial charge in [-0.1, -0.05) is 24.3 Å². The van der Waals surface area contributed by atoms with Gasteiger partial charge in [-0.25, -0.2) is 19.9 Å². The maximum Gasteiger partial charge on any atom is 0.157 e. The maximum absolute atomic E-state index is 4.93. The summed E-state index contributed by atoms with van der Waals surface area (Å²) in [5.41, 5.74) is 4.84. The van der Waals surface area contributed by atoms with Gasteiger partial charge in [0.25, 0.3) is 0 Å². The van der Waals surface area contributed by atoms with Crippen molar-refractivity contribution in [2.24, 2.45) is 0 Å². The molecule has 0 atom stereocenters. The summed E-state index contributed by atoms with van der Waals surface area (Å²) in [5.74, 6) is 1.41. The van der Waals surface area contributed by atoms with Crippen molar-refractivity contribution in [1.82, 2.24) is 39.0 Å². The lowest BCUT2D eigenvalue weighted by atomic mass is 9.86. The fourth-order valence-corrected chi connectivity index (χ4v) is 3.96. The smallest absolute Gasteiger partial charge is 0.157 e. The highest BCUT2D eigenvalue weighted by Crippen LogP contribution is 2.29. The Hall–Kier alpha value is -4.46. The van der Waals surface area contributed by atoms with Crippen LogP contribution in [0.1, 0.15) is 25.2 Å². The normalized spacial score (nSPS) is 11.9. The fourth-order valence-electron chi connectivity index (χ4n) is 3.96. The number of nitrogens with zero attached hydrogens (tertiary/aromatic N) is 8. The maximum atomic E-state index is 4.93. The van der Waals surface area contributed by atoms with Crippen molar-refractivity contribution in [2.45, 2.75) is 19.3 Å². The van der Waals surface area contributed by atoms with Crippen LogP contribution < -0.4 is 0 Å². The molecule has 0 radical (unpaired) electrons. The number of para-hydroxylation sites is 4. The van der Waals surface area contributed by atoms with Crippen LogP contribution in [0.2, 0.25) is 0 Å². The van der Waals surface area contributed by atoms with Gasteiger partial charge in [-0.05, 0) is 38.1 Å². The molecule has 0 aliphatic carbocycles. The van der Waals surface area contributed by atoms with Gasteiger partial charge in [0.05, 0.1) is 51.3 Å². The highest BCUT2D eigenvalue weighted by molar-refractivity contribution is 5.77. The third kappa shape index (κ3) is 3.15. The van der Waals surface area contributed by atoms with Crippen molar-refractivity contribution in [3.05, 3.63) is 97.4 Å². The summed E-state index contributed by atoms with van der Waals surface area (Å²) in [7, 11) is 0. The summed E-state index contributed by atoms with van der Waals surface area (Å²) in [6.07, 6.45) is 10.6. The topological polar surface area (TPSA) is 87.2 Å². The summed E-state index contributed by atoms with van der Waals surface area (Å²) < 4.78 is 3.89. The van der Waals surface area contributed by atoms with E-state index in [1.807, 2.05) is 57.7 Å². The number of imidazole rings is 2. The average Bonchev–Trinajstić information content (AvgIpc) is 3.49. The fraction of sp³-hybridized carbons (Fsp3) is 0.120. The molecule has 0 saturated heterocycles. The zero-order valence-corrected chi connectivity index (χ0v) is 18.2. The highest BCUT2D eigenvalue weighted by Gasteiger charge is 2.28. The third-order valence-corrected chi connectivity index (χ3v) is 5.93. The molecule has 4 heterocycles. The number of aromatic nitrogens is 8. The number of hydrogen-bond acceptors (Lipinski definition) is 6. The standard InChI is InChI=1S/C25H20N8/c1-25(2,21-11-26-13-23(30-21)32-15-28-17-7-3-5-9-19(17)32)22-12-27-14-24(31-22)33-16-29-18-8-4-6-10-20(18)33/h3-16H,1-2H3. The predicted octanol–water partition coefficient (Wildman–Crippen LogP) is 4.27. The summed E-state index contributed by atoms with van der Waals surface area (Å²) in [4.78, 5) is 27.8. The average molecular weight is 432 g/mol. The monoisotopic (exact) mass is 432 g/mol. The molecular formula is C25H20N8. The first-order chi connectivity index (χ1) is 16.1. The molecule has 0 saturated carbocycles. The summed E-state index contributed by atoms with van der Waals surface area (Å²) >= 11 is 0. The Morgan fingerprint density at radius 2 is 1.06 bits per heavy atom. The van der Waals surface area contributed by atoms with Crippen LogP contribution in [0.15, 0.2) is 86.0 Å². The molecule has 0 aliphatic heterocycles. The van der Waals surface area contributed by atoms with Gasteiger partial charge in [-0.15, -0.1) is 0 Å². The molecule has 6 aromatic rings. The van der Waals surface area contributed by atoms with E-state index in [4.69, 9.17) is 9.97 Å². The van der Waals surface area contributed by atoms with Crippen LogP contribution in [0.3, 0.4) is 0 Å². The van der Waals surface area contributed by atoms with E-state index in [9.17, 15) is 0 Å². The van der Waals surface area contributed by atoms with E-state index in [1.165, 1.54) is 0 Å². The Kier molecular flexibility index (Phi) is 4.26. The van der Waals surface area contributed by atoms with Gasteiger partial charge in [0.15, 0.2) is 11.6 Å². The van der Waals surface area contributed by atoms with E-state index in [0.29, 0.717) is 11.6 Å². The predicted molar refractivity (Wildman–Crippen MR) is 125 cm³/mol. The van der Waals surface area contributed by atoms with Crippen molar-refractivity contribution in [1.29, 1.82) is 0 Å². The van der Waals surface area contributed by atoms with Crippen molar-refractivity contribution in [3.8, 4) is 11.6 Å². The first-order valence-corrected chi connectivity index (χ1v) is 10.6. The van der Waals surface area contributed by atoms with Crippen LogP contribution in [-0.4, -0.2) is 39.0 Å². The van der Waals surface area contributed by atoms with Gasteiger partial charge in [-0.2, -0.15) is 0 Å². The minimum atomic E-state index is -0.529. The number of hydrogen-bond donors (Lipinski definition) is 0. The van der Waals surface area contributed by atoms with Crippen molar-refractivity contribution < 1.29 is 0 Å². The first kappa shape index (κ1) is 19.2. The van der Waals surface area contributed by atoms with E-state index in [0.717, 1.165) is 33.5 Å². The molecule has 0 amide bonds. The summed E-state index contributed by atoms with van der Waals surface area (Å²) in [5, 5.41) is 0. The van der Waals surface area contributed by atoms with Crippen LogP contribution in [0.5, 0.6) is 0 Å². The highest BCUT2D eigenvalue weighted by atomic mass is 15.1. The zero-order chi connectivity index (χ0) is 22.4. The molecule has 0 bridgehead atoms. The van der Waals surface area contributed by atoms with E-state index < -0.39 is 5.41 Å². The lowest BCUT2D eigenvalue weighted by Gasteiger charge is -2.24. The number of rotatable bonds is 4. The second kappa shape index (κ2) is 7.30. The SMILES string of the molecule is CC(C)(c1cncc(-n2cnc3ccccc32)n1)c1cncc(-n2cnc3ccccc32)n1. The van der Waals surface area contributed by atoms with E-state index >= 15 is 0 Å². The Balaban J connectivity index is 1.42. The largest absolute Gasteiger partial charge is 0.282 e. The number of benzene rings is 2. The van der Waals surface area contributed by atoms with Gasteiger partial charge < -0.3 is 0 Å². The lowest BCUT2D eigenvalue weighted by Crippen LogP contribution is -2.24. The zero-order valence-electron chi connectivity index (χ0n) is 18.2. The molecule has 0 spiro atoms. The van der Waals surface area contributed by atoms with Crippen molar-refractivity contribution >= 4 is 22.1 Å². The Morgan fingerprint density at radius 3 is 1.55 bits per heavy atom. The second-order valence-corrected chi connectivity index (χ2v) is 8.36. The third-order valence-electron chi connectivity index (χ3n) is 5.93. The summed E-state index contributed by atoms with van der Waals surface area (Å²) in [6, 6.07) is 15.9. The quantitative estimate of drug-likeness (QED) is 0.413. The molecule has 0 aliphatic rings. The molecule has 8 nitrogen and oxygen atoms in total. The van der Waals surface area contributed by atoms with Gasteiger partial charge in [0.2, 0.25) is 0 Å². The van der Waals surface area contributed by atoms with Gasteiger partial charge >= 0.3 is 0 Å². The molecule has 0 fully saturated rings. The van der Waals surface area contributed by atoms with E-state index in [-0.39, 0.29) is 0 Å². The molecule has 2 aromatic carbocycles. The van der Waals surface area contributed by atoms with Crippen molar-refractivity contribution in [3.63, 3.8) is 0 Å². The van der Waals surface area contributed by atoms with E-state index in [1.54, 1.807) is 37.4 Å². The van der Waals surface area contributed by atoms with Crippen LogP contribution in [-0.2, 0) is 5.41 Å². The van der Waals surface area contributed by atoms with Crippen LogP contribution in [0.25, 0.3) is 33.7 Å². The minimum Gasteiger partial charge on any atom is -0.282 e.